The Hall–Kier alpha value is -3.69. The first-order chi connectivity index (χ1) is 20.1. The fourth-order valence-electron chi connectivity index (χ4n) is 5.41. The summed E-state index contributed by atoms with van der Waals surface area (Å²) in [6.07, 6.45) is -2.24. The van der Waals surface area contributed by atoms with Crippen LogP contribution in [0, 0.1) is 11.8 Å². The highest BCUT2D eigenvalue weighted by atomic mass is 19.4. The van der Waals surface area contributed by atoms with Crippen molar-refractivity contribution in [1.82, 2.24) is 35.5 Å². The second-order valence-corrected chi connectivity index (χ2v) is 11.9. The molecule has 5 rings (SSSR count). The minimum absolute atomic E-state index is 0.0468. The van der Waals surface area contributed by atoms with Crippen LogP contribution < -0.4 is 10.6 Å². The maximum absolute atomic E-state index is 14.0. The van der Waals surface area contributed by atoms with E-state index in [0.29, 0.717) is 16.9 Å². The van der Waals surface area contributed by atoms with Gasteiger partial charge in [0, 0.05) is 19.3 Å². The fraction of sp³-hybridized carbons (Fsp3) is 0.630. The third-order valence-corrected chi connectivity index (χ3v) is 7.89. The molecule has 0 aliphatic heterocycles. The Labute approximate surface area is 242 Å². The zero-order valence-corrected chi connectivity index (χ0v) is 23.5. The molecule has 0 saturated heterocycles. The van der Waals surface area contributed by atoms with Crippen LogP contribution in [0.2, 0.25) is 0 Å². The number of nitrogens with zero attached hydrogens (tertiary/aromatic N) is 5. The molecular weight excluding hydrogens is 581 g/mol. The van der Waals surface area contributed by atoms with E-state index in [0.717, 1.165) is 12.8 Å². The van der Waals surface area contributed by atoms with Crippen molar-refractivity contribution in [3.63, 3.8) is 0 Å². The average Bonchev–Trinajstić information content (AvgIpc) is 3.45. The topological polar surface area (TPSA) is 148 Å². The summed E-state index contributed by atoms with van der Waals surface area (Å²) in [5.41, 5.74) is -0.650. The lowest BCUT2D eigenvalue weighted by atomic mass is 9.81. The monoisotopic (exact) mass is 613 g/mol. The summed E-state index contributed by atoms with van der Waals surface area (Å²) in [4.78, 5) is 30.2. The Morgan fingerprint density at radius 1 is 1.09 bits per heavy atom. The van der Waals surface area contributed by atoms with Crippen LogP contribution >= 0.6 is 0 Å². The third-order valence-electron chi connectivity index (χ3n) is 7.89. The number of alkyl halides is 5. The second-order valence-electron chi connectivity index (χ2n) is 11.9. The summed E-state index contributed by atoms with van der Waals surface area (Å²) in [7, 11) is 0. The summed E-state index contributed by atoms with van der Waals surface area (Å²) in [6, 6.07) is 0.279. The number of aliphatic hydroxyl groups is 1. The quantitative estimate of drug-likeness (QED) is 0.282. The van der Waals surface area contributed by atoms with Gasteiger partial charge >= 0.3 is 6.18 Å². The maximum Gasteiger partial charge on any atom is 0.389 e. The van der Waals surface area contributed by atoms with Crippen LogP contribution in [0.5, 0.6) is 0 Å². The van der Waals surface area contributed by atoms with Gasteiger partial charge in [0.15, 0.2) is 11.3 Å². The molecule has 1 unspecified atom stereocenters. The average molecular weight is 614 g/mol. The van der Waals surface area contributed by atoms with Crippen molar-refractivity contribution < 1.29 is 41.3 Å². The molecule has 3 N–H and O–H groups in total. The second kappa shape index (κ2) is 11.4. The summed E-state index contributed by atoms with van der Waals surface area (Å²) >= 11 is 0. The Morgan fingerprint density at radius 2 is 1.77 bits per heavy atom. The first kappa shape index (κ1) is 30.8. The first-order valence-corrected chi connectivity index (χ1v) is 14.0. The number of imidazole rings is 1. The van der Waals surface area contributed by atoms with Crippen molar-refractivity contribution in [1.29, 1.82) is 0 Å². The van der Waals surface area contributed by atoms with Crippen LogP contribution in [0.3, 0.4) is 0 Å². The van der Waals surface area contributed by atoms with E-state index in [9.17, 15) is 36.6 Å². The molecule has 0 spiro atoms. The molecule has 0 aromatic carbocycles. The van der Waals surface area contributed by atoms with Crippen molar-refractivity contribution in [3.8, 4) is 0 Å². The fourth-order valence-corrected chi connectivity index (χ4v) is 5.41. The zero-order chi connectivity index (χ0) is 31.2. The molecule has 16 heteroatoms. The third kappa shape index (κ3) is 7.46. The minimum atomic E-state index is -4.45. The van der Waals surface area contributed by atoms with Crippen molar-refractivity contribution in [2.75, 3.05) is 0 Å². The molecule has 11 nitrogen and oxygen atoms in total. The maximum atomic E-state index is 14.0. The number of hydrogen-bond donors (Lipinski definition) is 3. The molecule has 0 radical (unpaired) electrons. The number of rotatable bonds is 10. The van der Waals surface area contributed by atoms with Crippen LogP contribution in [0.4, 0.5) is 22.0 Å². The van der Waals surface area contributed by atoms with Crippen LogP contribution in [0.1, 0.15) is 105 Å². The number of fused-ring (bicyclic) bond motifs is 1. The van der Waals surface area contributed by atoms with Gasteiger partial charge in [0.05, 0.1) is 36.6 Å². The molecule has 0 bridgehead atoms. The molecule has 3 aromatic heterocycles. The number of nitrogens with one attached hydrogen (secondary N) is 2. The van der Waals surface area contributed by atoms with Gasteiger partial charge in [-0.05, 0) is 68.2 Å². The van der Waals surface area contributed by atoms with E-state index in [1.165, 1.54) is 24.6 Å². The van der Waals surface area contributed by atoms with Crippen LogP contribution in [-0.2, 0) is 10.4 Å². The van der Waals surface area contributed by atoms with E-state index in [1.807, 2.05) is 0 Å². The lowest BCUT2D eigenvalue weighted by Crippen LogP contribution is -2.38. The molecule has 2 atom stereocenters. The number of carbonyl (C=O) groups is 2. The van der Waals surface area contributed by atoms with E-state index in [1.54, 1.807) is 12.3 Å². The summed E-state index contributed by atoms with van der Waals surface area (Å²) < 4.78 is 72.0. The van der Waals surface area contributed by atoms with E-state index < -0.39 is 60.4 Å². The van der Waals surface area contributed by atoms with Gasteiger partial charge in [-0.1, -0.05) is 5.16 Å². The number of amides is 2. The molecule has 2 amide bonds. The standard InChI is InChI=1S/C27H32F5N7O4/c1-25(2,42)23-22(37-43-38-23)24(41)36-21(15-5-8-26(28,29)9-6-15)17-13-39-18(34-17)11-16(12-33-39)20(14-3-4-14)35-19(40)7-10-27(30,31)32/h11-15,20-21,42H,3-10H2,1-2H3,(H,35,40)(H,36,41)/t20-,21?/m1/s1. The molecule has 234 valence electrons. The number of aromatic nitrogens is 5. The van der Waals surface area contributed by atoms with E-state index >= 15 is 0 Å². The summed E-state index contributed by atoms with van der Waals surface area (Å²) in [5, 5.41) is 27.5. The molecular formula is C27H32F5N7O4. The van der Waals surface area contributed by atoms with Crippen molar-refractivity contribution >= 4 is 17.5 Å². The Balaban J connectivity index is 1.41. The Morgan fingerprint density at radius 3 is 2.40 bits per heavy atom. The van der Waals surface area contributed by atoms with E-state index in [2.05, 4.69) is 35.7 Å². The summed E-state index contributed by atoms with van der Waals surface area (Å²) in [5.74, 6) is -4.63. The SMILES string of the molecule is CC(C)(O)c1nonc1C(=O)NC(c1cn2ncc([C@H](NC(=O)CCC(F)(F)F)C3CC3)cc2n1)C1CCC(F)(F)CC1. The highest BCUT2D eigenvalue weighted by molar-refractivity contribution is 5.93. The van der Waals surface area contributed by atoms with Gasteiger partial charge in [0.2, 0.25) is 11.8 Å². The molecule has 3 heterocycles. The Bertz CT molecular complexity index is 1470. The van der Waals surface area contributed by atoms with Crippen LogP contribution in [-0.4, -0.2) is 53.9 Å². The molecule has 43 heavy (non-hydrogen) atoms. The highest BCUT2D eigenvalue weighted by Crippen LogP contribution is 2.43. The zero-order valence-electron chi connectivity index (χ0n) is 23.5. The van der Waals surface area contributed by atoms with Crippen molar-refractivity contribution in [2.45, 2.75) is 95.0 Å². The smallest absolute Gasteiger partial charge is 0.384 e. The van der Waals surface area contributed by atoms with Gasteiger partial charge in [0.25, 0.3) is 5.91 Å². The van der Waals surface area contributed by atoms with Gasteiger partial charge in [-0.2, -0.15) is 18.3 Å². The van der Waals surface area contributed by atoms with Crippen LogP contribution in [0.15, 0.2) is 23.1 Å². The van der Waals surface area contributed by atoms with Gasteiger partial charge in [0.1, 0.15) is 11.3 Å². The number of hydrogen-bond acceptors (Lipinski definition) is 8. The summed E-state index contributed by atoms with van der Waals surface area (Å²) in [6.45, 7) is 2.81. The first-order valence-electron chi connectivity index (χ1n) is 14.0. The number of halogens is 5. The molecule has 2 fully saturated rings. The largest absolute Gasteiger partial charge is 0.389 e. The van der Waals surface area contributed by atoms with Gasteiger partial charge in [-0.15, -0.1) is 0 Å². The predicted molar refractivity (Wildman–Crippen MR) is 139 cm³/mol. The van der Waals surface area contributed by atoms with Gasteiger partial charge < -0.3 is 15.7 Å². The van der Waals surface area contributed by atoms with Crippen molar-refractivity contribution in [3.05, 3.63) is 41.1 Å². The van der Waals surface area contributed by atoms with E-state index in [4.69, 9.17) is 0 Å². The predicted octanol–water partition coefficient (Wildman–Crippen LogP) is 4.55. The Kier molecular flexibility index (Phi) is 8.17. The van der Waals surface area contributed by atoms with Gasteiger partial charge in [-0.3, -0.25) is 9.59 Å². The normalized spacial score (nSPS) is 19.3. The van der Waals surface area contributed by atoms with Gasteiger partial charge in [-0.25, -0.2) is 22.9 Å². The van der Waals surface area contributed by atoms with E-state index in [-0.39, 0.29) is 43.0 Å². The minimum Gasteiger partial charge on any atom is -0.384 e. The molecule has 3 aromatic rings. The molecule has 2 aliphatic rings. The highest BCUT2D eigenvalue weighted by Gasteiger charge is 2.41. The lowest BCUT2D eigenvalue weighted by molar-refractivity contribution is -0.144. The van der Waals surface area contributed by atoms with Crippen LogP contribution in [0.25, 0.3) is 5.65 Å². The lowest BCUT2D eigenvalue weighted by Gasteiger charge is -2.33. The van der Waals surface area contributed by atoms with Crippen molar-refractivity contribution in [2.24, 2.45) is 11.8 Å². The number of carbonyl (C=O) groups excluding carboxylic acids is 2. The molecule has 2 aliphatic carbocycles. The molecule has 2 saturated carbocycles.